The normalized spacial score (nSPS) is 12.1. The maximum Gasteiger partial charge on any atom is 0.418 e. The van der Waals surface area contributed by atoms with E-state index in [9.17, 15) is 13.2 Å². The molecular weight excluding hydrogens is 265 g/mol. The number of alkyl halides is 3. The van der Waals surface area contributed by atoms with Crippen molar-refractivity contribution in [3.63, 3.8) is 0 Å². The number of hydrogen-bond acceptors (Lipinski definition) is 1. The smallest absolute Gasteiger partial charge is 0.166 e. The van der Waals surface area contributed by atoms with E-state index in [4.69, 9.17) is 0 Å². The molecule has 13 heavy (non-hydrogen) atoms. The van der Waals surface area contributed by atoms with Crippen LogP contribution in [0.1, 0.15) is 23.8 Å². The van der Waals surface area contributed by atoms with Gasteiger partial charge in [-0.1, -0.05) is 13.3 Å². The molecule has 0 aliphatic carbocycles. The Balaban J connectivity index is 2.96. The van der Waals surface area contributed by atoms with Crippen molar-refractivity contribution in [2.75, 3.05) is 0 Å². The molecule has 0 saturated carbocycles. The molecule has 0 aromatic carbocycles. The summed E-state index contributed by atoms with van der Waals surface area (Å²) in [6.45, 7) is 1.95. The van der Waals surface area contributed by atoms with E-state index in [-0.39, 0.29) is 3.79 Å². The Morgan fingerprint density at radius 2 is 2.08 bits per heavy atom. The van der Waals surface area contributed by atoms with Crippen molar-refractivity contribution in [1.29, 1.82) is 0 Å². The minimum atomic E-state index is -4.23. The van der Waals surface area contributed by atoms with Crippen LogP contribution in [0.5, 0.6) is 0 Å². The highest BCUT2D eigenvalue weighted by Crippen LogP contribution is 2.40. The standard InChI is InChI=1S/C8H8BrF3S/c1-2-3-5-4-6(7(9)13-5)8(10,11)12/h4H,2-3H2,1H3. The van der Waals surface area contributed by atoms with E-state index in [1.54, 1.807) is 0 Å². The molecule has 0 saturated heterocycles. The Morgan fingerprint density at radius 3 is 2.46 bits per heavy atom. The lowest BCUT2D eigenvalue weighted by atomic mass is 10.2. The number of halogens is 4. The average Bonchev–Trinajstić information content (AvgIpc) is 2.30. The summed E-state index contributed by atoms with van der Waals surface area (Å²) in [7, 11) is 0. The average molecular weight is 273 g/mol. The summed E-state index contributed by atoms with van der Waals surface area (Å²) in [6.07, 6.45) is -2.66. The lowest BCUT2D eigenvalue weighted by Gasteiger charge is -2.02. The SMILES string of the molecule is CCCc1cc(C(F)(F)F)c(Br)s1. The fraction of sp³-hybridized carbons (Fsp3) is 0.500. The van der Waals surface area contributed by atoms with E-state index in [0.29, 0.717) is 6.42 Å². The first-order valence-corrected chi connectivity index (χ1v) is 5.41. The highest BCUT2D eigenvalue weighted by molar-refractivity contribution is 9.11. The van der Waals surface area contributed by atoms with E-state index >= 15 is 0 Å². The van der Waals surface area contributed by atoms with Crippen molar-refractivity contribution in [3.05, 3.63) is 20.3 Å². The van der Waals surface area contributed by atoms with Gasteiger partial charge in [0.15, 0.2) is 0 Å². The van der Waals surface area contributed by atoms with Gasteiger partial charge in [-0.15, -0.1) is 11.3 Å². The number of rotatable bonds is 2. The van der Waals surface area contributed by atoms with Gasteiger partial charge in [0.2, 0.25) is 0 Å². The molecule has 74 valence electrons. The zero-order valence-corrected chi connectivity index (χ0v) is 9.31. The van der Waals surface area contributed by atoms with Crippen LogP contribution < -0.4 is 0 Å². The van der Waals surface area contributed by atoms with Crippen LogP contribution in [0, 0.1) is 0 Å². The van der Waals surface area contributed by atoms with Gasteiger partial charge in [-0.05, 0) is 28.4 Å². The van der Waals surface area contributed by atoms with Crippen molar-refractivity contribution in [2.45, 2.75) is 25.9 Å². The van der Waals surface area contributed by atoms with Gasteiger partial charge >= 0.3 is 6.18 Å². The number of aryl methyl sites for hydroxylation is 1. The molecule has 1 rings (SSSR count). The van der Waals surface area contributed by atoms with Crippen LogP contribution in [0.4, 0.5) is 13.2 Å². The Hall–Kier alpha value is -0.0300. The number of hydrogen-bond donors (Lipinski definition) is 0. The van der Waals surface area contributed by atoms with Crippen LogP contribution in [0.15, 0.2) is 9.85 Å². The second kappa shape index (κ2) is 4.00. The number of thiophene rings is 1. The third kappa shape index (κ3) is 2.71. The lowest BCUT2D eigenvalue weighted by Crippen LogP contribution is -2.03. The summed E-state index contributed by atoms with van der Waals surface area (Å²) in [4.78, 5) is 0.779. The summed E-state index contributed by atoms with van der Waals surface area (Å²) in [6, 6.07) is 1.22. The molecule has 0 fully saturated rings. The van der Waals surface area contributed by atoms with E-state index in [2.05, 4.69) is 15.9 Å². The van der Waals surface area contributed by atoms with Gasteiger partial charge in [0.1, 0.15) is 0 Å². The molecule has 0 atom stereocenters. The van der Waals surface area contributed by atoms with Crippen LogP contribution in [0.2, 0.25) is 0 Å². The van der Waals surface area contributed by atoms with Gasteiger partial charge < -0.3 is 0 Å². The fourth-order valence-electron chi connectivity index (χ4n) is 0.980. The van der Waals surface area contributed by atoms with Gasteiger partial charge in [-0.3, -0.25) is 0 Å². The van der Waals surface area contributed by atoms with Crippen LogP contribution >= 0.6 is 27.3 Å². The first kappa shape index (κ1) is 11.0. The topological polar surface area (TPSA) is 0 Å². The molecule has 0 unspecified atom stereocenters. The third-order valence-corrected chi connectivity index (χ3v) is 3.44. The van der Waals surface area contributed by atoms with Crippen molar-refractivity contribution >= 4 is 27.3 Å². The van der Waals surface area contributed by atoms with Gasteiger partial charge in [-0.25, -0.2) is 0 Å². The molecule has 1 aromatic rings. The van der Waals surface area contributed by atoms with Gasteiger partial charge in [0, 0.05) is 4.88 Å². The van der Waals surface area contributed by atoms with Crippen molar-refractivity contribution in [3.8, 4) is 0 Å². The van der Waals surface area contributed by atoms with Crippen molar-refractivity contribution in [1.82, 2.24) is 0 Å². The molecule has 0 aliphatic rings. The predicted octanol–water partition coefficient (Wildman–Crippen LogP) is 4.48. The second-order valence-corrected chi connectivity index (χ2v) is 5.10. The summed E-state index contributed by atoms with van der Waals surface area (Å²) in [5, 5.41) is 0. The highest BCUT2D eigenvalue weighted by atomic mass is 79.9. The lowest BCUT2D eigenvalue weighted by molar-refractivity contribution is -0.137. The maximum absolute atomic E-state index is 12.3. The Labute approximate surface area is 86.9 Å². The Kier molecular flexibility index (Phi) is 3.40. The minimum absolute atomic E-state index is 0.184. The zero-order valence-electron chi connectivity index (χ0n) is 6.91. The molecule has 5 heteroatoms. The van der Waals surface area contributed by atoms with Crippen LogP contribution in [-0.2, 0) is 12.6 Å². The van der Waals surface area contributed by atoms with E-state index in [0.717, 1.165) is 22.6 Å². The van der Waals surface area contributed by atoms with Crippen molar-refractivity contribution < 1.29 is 13.2 Å². The second-order valence-electron chi connectivity index (χ2n) is 2.65. The molecule has 0 bridgehead atoms. The zero-order chi connectivity index (χ0) is 10.1. The quantitative estimate of drug-likeness (QED) is 0.745. The molecule has 0 aliphatic heterocycles. The summed E-state index contributed by atoms with van der Waals surface area (Å²) >= 11 is 4.08. The molecule has 0 nitrogen and oxygen atoms in total. The monoisotopic (exact) mass is 272 g/mol. The third-order valence-electron chi connectivity index (χ3n) is 1.54. The van der Waals surface area contributed by atoms with E-state index in [1.165, 1.54) is 6.07 Å². The summed E-state index contributed by atoms with van der Waals surface area (Å²) in [5.41, 5.74) is -0.555. The molecule has 0 amide bonds. The molecule has 1 aromatic heterocycles. The maximum atomic E-state index is 12.3. The van der Waals surface area contributed by atoms with Crippen LogP contribution in [-0.4, -0.2) is 0 Å². The van der Waals surface area contributed by atoms with Crippen molar-refractivity contribution in [2.24, 2.45) is 0 Å². The highest BCUT2D eigenvalue weighted by Gasteiger charge is 2.34. The minimum Gasteiger partial charge on any atom is -0.166 e. The Bertz CT molecular complexity index is 290. The summed E-state index contributed by atoms with van der Waals surface area (Å²) in [5.74, 6) is 0. The van der Waals surface area contributed by atoms with Gasteiger partial charge in [0.05, 0.1) is 9.35 Å². The van der Waals surface area contributed by atoms with Gasteiger partial charge in [0.25, 0.3) is 0 Å². The first-order chi connectivity index (χ1) is 5.95. The van der Waals surface area contributed by atoms with E-state index < -0.39 is 11.7 Å². The van der Waals surface area contributed by atoms with Gasteiger partial charge in [-0.2, -0.15) is 13.2 Å². The molecular formula is C8H8BrF3S. The Morgan fingerprint density at radius 1 is 1.46 bits per heavy atom. The molecule has 0 N–H and O–H groups in total. The van der Waals surface area contributed by atoms with Crippen LogP contribution in [0.3, 0.4) is 0 Å². The molecule has 1 heterocycles. The van der Waals surface area contributed by atoms with E-state index in [1.807, 2.05) is 6.92 Å². The predicted molar refractivity (Wildman–Crippen MR) is 51.0 cm³/mol. The largest absolute Gasteiger partial charge is 0.418 e. The molecule has 0 radical (unpaired) electrons. The first-order valence-electron chi connectivity index (χ1n) is 3.80. The van der Waals surface area contributed by atoms with Crippen LogP contribution in [0.25, 0.3) is 0 Å². The molecule has 0 spiro atoms. The fourth-order valence-corrected chi connectivity index (χ4v) is 2.94. The summed E-state index contributed by atoms with van der Waals surface area (Å²) < 4.78 is 37.0.